The Morgan fingerprint density at radius 3 is 2.81 bits per heavy atom. The van der Waals surface area contributed by atoms with Crippen molar-refractivity contribution < 1.29 is 0 Å². The largest absolute Gasteiger partial charge is 0.342 e. The van der Waals surface area contributed by atoms with Crippen LogP contribution in [0.5, 0.6) is 0 Å². The van der Waals surface area contributed by atoms with Gasteiger partial charge >= 0.3 is 0 Å². The number of hydrogen-bond donors (Lipinski definition) is 2. The maximum absolute atomic E-state index is 6.05. The lowest BCUT2D eigenvalue weighted by Crippen LogP contribution is -2.24. The van der Waals surface area contributed by atoms with E-state index in [1.807, 2.05) is 73.8 Å². The third-order valence-corrected chi connectivity index (χ3v) is 4.17. The first-order chi connectivity index (χ1) is 12.6. The van der Waals surface area contributed by atoms with Gasteiger partial charge in [-0.15, -0.1) is 0 Å². The number of halogens is 1. The molecule has 26 heavy (non-hydrogen) atoms. The van der Waals surface area contributed by atoms with Crippen molar-refractivity contribution in [1.82, 2.24) is 9.99 Å². The number of aryl methyl sites for hydroxylation is 1. The molecule has 4 nitrogen and oxygen atoms in total. The molecular weight excluding hydrogens is 364 g/mol. The van der Waals surface area contributed by atoms with E-state index in [9.17, 15) is 0 Å². The molecule has 0 fully saturated rings. The van der Waals surface area contributed by atoms with Crippen molar-refractivity contribution >= 4 is 40.8 Å². The lowest BCUT2D eigenvalue weighted by Gasteiger charge is -2.08. The van der Waals surface area contributed by atoms with Gasteiger partial charge in [-0.3, -0.25) is 5.43 Å². The average molecular weight is 383 g/mol. The van der Waals surface area contributed by atoms with Gasteiger partial charge in [0.05, 0.1) is 11.9 Å². The van der Waals surface area contributed by atoms with Crippen molar-refractivity contribution in [3.8, 4) is 0 Å². The number of anilines is 1. The fourth-order valence-electron chi connectivity index (χ4n) is 2.56. The van der Waals surface area contributed by atoms with E-state index in [1.165, 1.54) is 5.56 Å². The van der Waals surface area contributed by atoms with Gasteiger partial charge in [0.2, 0.25) is 0 Å². The van der Waals surface area contributed by atoms with Crippen molar-refractivity contribution in [2.75, 3.05) is 5.32 Å². The molecule has 132 valence electrons. The highest BCUT2D eigenvalue weighted by Gasteiger charge is 2.01. The van der Waals surface area contributed by atoms with Crippen LogP contribution in [0.25, 0.3) is 0 Å². The molecule has 0 atom stereocenters. The smallest absolute Gasteiger partial charge is 0.191 e. The first-order valence-corrected chi connectivity index (χ1v) is 8.95. The predicted octanol–water partition coefficient (Wildman–Crippen LogP) is 4.82. The highest BCUT2D eigenvalue weighted by atomic mass is 35.5. The lowest BCUT2D eigenvalue weighted by atomic mass is 10.2. The summed E-state index contributed by atoms with van der Waals surface area (Å²) in [5, 5.41) is 8.51. The van der Waals surface area contributed by atoms with Gasteiger partial charge in [-0.05, 0) is 66.7 Å². The fraction of sp³-hybridized carbons (Fsp3) is 0.100. The van der Waals surface area contributed by atoms with E-state index in [2.05, 4.69) is 20.4 Å². The summed E-state index contributed by atoms with van der Waals surface area (Å²) >= 11 is 11.3. The standard InChI is InChI=1S/C20H19ClN4S/c1-15-5-2-8-18(11-15)23-20(26)24-22-13-19-9-4-10-25(19)14-16-6-3-7-17(21)12-16/h2-13H,14H2,1H3,(H2,23,24,26)/b22-13+. The summed E-state index contributed by atoms with van der Waals surface area (Å²) in [5.41, 5.74) is 7.04. The molecule has 0 aliphatic heterocycles. The third kappa shape index (κ3) is 5.18. The summed E-state index contributed by atoms with van der Waals surface area (Å²) in [6.45, 7) is 2.76. The van der Waals surface area contributed by atoms with E-state index >= 15 is 0 Å². The van der Waals surface area contributed by atoms with Crippen LogP contribution in [0.15, 0.2) is 72.0 Å². The summed E-state index contributed by atoms with van der Waals surface area (Å²) in [6.07, 6.45) is 3.75. The maximum Gasteiger partial charge on any atom is 0.191 e. The van der Waals surface area contributed by atoms with Crippen molar-refractivity contribution in [1.29, 1.82) is 0 Å². The molecule has 0 aliphatic rings. The number of aromatic nitrogens is 1. The average Bonchev–Trinajstić information content (AvgIpc) is 3.02. The molecule has 3 aromatic rings. The molecule has 3 rings (SSSR count). The van der Waals surface area contributed by atoms with Crippen molar-refractivity contribution in [2.45, 2.75) is 13.5 Å². The minimum Gasteiger partial charge on any atom is -0.342 e. The second-order valence-electron chi connectivity index (χ2n) is 5.88. The zero-order valence-electron chi connectivity index (χ0n) is 14.3. The first-order valence-electron chi connectivity index (χ1n) is 8.16. The van der Waals surface area contributed by atoms with Crippen LogP contribution in [0.2, 0.25) is 5.02 Å². The molecule has 1 heterocycles. The molecule has 0 unspecified atom stereocenters. The summed E-state index contributed by atoms with van der Waals surface area (Å²) in [5.74, 6) is 0. The molecule has 0 aliphatic carbocycles. The molecule has 0 amide bonds. The minimum absolute atomic E-state index is 0.444. The molecule has 0 radical (unpaired) electrons. The Balaban J connectivity index is 1.59. The Morgan fingerprint density at radius 2 is 2.00 bits per heavy atom. The van der Waals surface area contributed by atoms with Crippen LogP contribution < -0.4 is 10.7 Å². The number of nitrogens with one attached hydrogen (secondary N) is 2. The summed E-state index contributed by atoms with van der Waals surface area (Å²) in [4.78, 5) is 0. The zero-order valence-corrected chi connectivity index (χ0v) is 15.9. The van der Waals surface area contributed by atoms with Gasteiger partial charge in [0.15, 0.2) is 5.11 Å². The Kier molecular flexibility index (Phi) is 6.04. The van der Waals surface area contributed by atoms with Gasteiger partial charge in [-0.2, -0.15) is 5.10 Å². The Bertz CT molecular complexity index is 933. The summed E-state index contributed by atoms with van der Waals surface area (Å²) < 4.78 is 2.09. The van der Waals surface area contributed by atoms with E-state index < -0.39 is 0 Å². The first kappa shape index (κ1) is 18.2. The van der Waals surface area contributed by atoms with Crippen LogP contribution >= 0.6 is 23.8 Å². The van der Waals surface area contributed by atoms with Crippen molar-refractivity contribution in [3.63, 3.8) is 0 Å². The van der Waals surface area contributed by atoms with Crippen LogP contribution in [0, 0.1) is 6.92 Å². The summed E-state index contributed by atoms with van der Waals surface area (Å²) in [7, 11) is 0. The van der Waals surface area contributed by atoms with E-state index in [-0.39, 0.29) is 0 Å². The lowest BCUT2D eigenvalue weighted by molar-refractivity contribution is 0.799. The molecule has 6 heteroatoms. The highest BCUT2D eigenvalue weighted by Crippen LogP contribution is 2.13. The molecular formula is C20H19ClN4S. The normalized spacial score (nSPS) is 10.8. The van der Waals surface area contributed by atoms with Gasteiger partial charge in [-0.25, -0.2) is 0 Å². The molecule has 0 bridgehead atoms. The third-order valence-electron chi connectivity index (χ3n) is 3.75. The second kappa shape index (κ2) is 8.65. The maximum atomic E-state index is 6.05. The quantitative estimate of drug-likeness (QED) is 0.377. The van der Waals surface area contributed by atoms with Crippen LogP contribution in [-0.4, -0.2) is 15.9 Å². The van der Waals surface area contributed by atoms with E-state index in [4.69, 9.17) is 23.8 Å². The van der Waals surface area contributed by atoms with Crippen LogP contribution in [0.3, 0.4) is 0 Å². The zero-order chi connectivity index (χ0) is 18.4. The molecule has 1 aromatic heterocycles. The van der Waals surface area contributed by atoms with Crippen LogP contribution in [0.1, 0.15) is 16.8 Å². The van der Waals surface area contributed by atoms with Gasteiger partial charge in [0, 0.05) is 23.5 Å². The topological polar surface area (TPSA) is 41.4 Å². The van der Waals surface area contributed by atoms with Gasteiger partial charge < -0.3 is 9.88 Å². The van der Waals surface area contributed by atoms with Crippen LogP contribution in [0.4, 0.5) is 5.69 Å². The van der Waals surface area contributed by atoms with Crippen molar-refractivity contribution in [2.24, 2.45) is 5.10 Å². The van der Waals surface area contributed by atoms with Gasteiger partial charge in [0.1, 0.15) is 0 Å². The molecule has 0 saturated heterocycles. The predicted molar refractivity (Wildman–Crippen MR) is 113 cm³/mol. The Morgan fingerprint density at radius 1 is 1.15 bits per heavy atom. The monoisotopic (exact) mass is 382 g/mol. The molecule has 0 saturated carbocycles. The van der Waals surface area contributed by atoms with Crippen molar-refractivity contribution in [3.05, 3.63) is 88.7 Å². The van der Waals surface area contributed by atoms with E-state index in [0.29, 0.717) is 5.11 Å². The van der Waals surface area contributed by atoms with E-state index in [1.54, 1.807) is 6.21 Å². The van der Waals surface area contributed by atoms with E-state index in [0.717, 1.165) is 28.5 Å². The van der Waals surface area contributed by atoms with Gasteiger partial charge in [-0.1, -0.05) is 35.9 Å². The summed E-state index contributed by atoms with van der Waals surface area (Å²) in [6, 6.07) is 19.8. The van der Waals surface area contributed by atoms with Gasteiger partial charge in [0.25, 0.3) is 0 Å². The SMILES string of the molecule is Cc1cccc(NC(=S)N/N=C/c2cccn2Cc2cccc(Cl)c2)c1. The highest BCUT2D eigenvalue weighted by molar-refractivity contribution is 7.80. The molecule has 2 N–H and O–H groups in total. The molecule has 0 spiro atoms. The molecule has 2 aromatic carbocycles. The fourth-order valence-corrected chi connectivity index (χ4v) is 2.94. The van der Waals surface area contributed by atoms with Crippen LogP contribution in [-0.2, 0) is 6.54 Å². The number of benzene rings is 2. The number of rotatable bonds is 5. The minimum atomic E-state index is 0.444. The second-order valence-corrected chi connectivity index (χ2v) is 6.73. The Labute approximate surface area is 163 Å². The number of hydrazone groups is 1. The number of thiocarbonyl (C=S) groups is 1. The number of hydrogen-bond acceptors (Lipinski definition) is 2. The number of nitrogens with zero attached hydrogens (tertiary/aromatic N) is 2. The Hall–Kier alpha value is -2.63.